The molecule has 1 aromatic carbocycles. The number of carbonyl (C=O) groups excluding carboxylic acids is 2. The lowest BCUT2D eigenvalue weighted by molar-refractivity contribution is -0.120. The van der Waals surface area contributed by atoms with Gasteiger partial charge in [-0.15, -0.1) is 0 Å². The first kappa shape index (κ1) is 23.9. The van der Waals surface area contributed by atoms with Crippen molar-refractivity contribution >= 4 is 17.1 Å². The molecule has 0 heterocycles. The summed E-state index contributed by atoms with van der Waals surface area (Å²) in [4.78, 5) is 25.9. The average Bonchev–Trinajstić information content (AvgIpc) is 2.76. The minimum atomic E-state index is -0.324. The zero-order chi connectivity index (χ0) is 21.6. The van der Waals surface area contributed by atoms with Gasteiger partial charge in [0, 0.05) is 6.08 Å². The van der Waals surface area contributed by atoms with Crippen molar-refractivity contribution < 1.29 is 19.1 Å². The Morgan fingerprint density at radius 2 is 1.27 bits per heavy atom. The third-order valence-corrected chi connectivity index (χ3v) is 5.23. The molecule has 0 atom stereocenters. The predicted octanol–water partition coefficient (Wildman–Crippen LogP) is 6.41. The van der Waals surface area contributed by atoms with Gasteiger partial charge in [0.25, 0.3) is 5.78 Å². The van der Waals surface area contributed by atoms with Crippen LogP contribution in [0.25, 0.3) is 5.57 Å². The Kier molecular flexibility index (Phi) is 11.0. The fourth-order valence-electron chi connectivity index (χ4n) is 3.48. The van der Waals surface area contributed by atoms with E-state index in [1.807, 2.05) is 30.3 Å². The summed E-state index contributed by atoms with van der Waals surface area (Å²) in [6.07, 6.45) is 12.3. The van der Waals surface area contributed by atoms with Crippen LogP contribution >= 0.6 is 0 Å². The molecule has 0 saturated carbocycles. The number of allylic oxidation sites excluding steroid dienone is 2. The Balaban J connectivity index is 2.05. The zero-order valence-electron chi connectivity index (χ0n) is 18.6. The van der Waals surface area contributed by atoms with Gasteiger partial charge in [-0.1, -0.05) is 95.5 Å². The molecule has 0 saturated heterocycles. The molecule has 1 aliphatic carbocycles. The maximum Gasteiger partial charge on any atom is 0.262 e. The summed E-state index contributed by atoms with van der Waals surface area (Å²) in [5.74, 6) is -0.320. The van der Waals surface area contributed by atoms with E-state index in [1.54, 1.807) is 0 Å². The smallest absolute Gasteiger partial charge is 0.262 e. The van der Waals surface area contributed by atoms with Crippen molar-refractivity contribution in [1.29, 1.82) is 0 Å². The second kappa shape index (κ2) is 13.8. The van der Waals surface area contributed by atoms with E-state index in [0.29, 0.717) is 24.4 Å². The van der Waals surface area contributed by atoms with Gasteiger partial charge in [-0.25, -0.2) is 0 Å². The molecular formula is C26H36O4. The number of carbonyl (C=O) groups is 2. The van der Waals surface area contributed by atoms with E-state index < -0.39 is 0 Å². The van der Waals surface area contributed by atoms with Gasteiger partial charge in [-0.2, -0.15) is 0 Å². The van der Waals surface area contributed by atoms with Crippen molar-refractivity contribution in [3.05, 3.63) is 53.5 Å². The highest BCUT2D eigenvalue weighted by Crippen LogP contribution is 2.29. The van der Waals surface area contributed by atoms with Gasteiger partial charge in [-0.3, -0.25) is 9.59 Å². The summed E-state index contributed by atoms with van der Waals surface area (Å²) in [6, 6.07) is 9.26. The monoisotopic (exact) mass is 412 g/mol. The summed E-state index contributed by atoms with van der Waals surface area (Å²) in [6.45, 7) is 5.23. The minimum absolute atomic E-state index is 0.108. The molecule has 0 spiro atoms. The highest BCUT2D eigenvalue weighted by molar-refractivity contribution is 6.36. The number of hydrogen-bond acceptors (Lipinski definition) is 4. The Morgan fingerprint density at radius 3 is 1.87 bits per heavy atom. The topological polar surface area (TPSA) is 52.6 Å². The van der Waals surface area contributed by atoms with Crippen LogP contribution in [0, 0.1) is 0 Å². The molecule has 2 rings (SSSR count). The van der Waals surface area contributed by atoms with E-state index in [9.17, 15) is 9.59 Å². The van der Waals surface area contributed by atoms with Gasteiger partial charge in [0.1, 0.15) is 0 Å². The third-order valence-electron chi connectivity index (χ3n) is 5.23. The first-order valence-corrected chi connectivity index (χ1v) is 11.5. The molecular weight excluding hydrogens is 376 g/mol. The lowest BCUT2D eigenvalue weighted by Crippen LogP contribution is -2.22. The van der Waals surface area contributed by atoms with Crippen molar-refractivity contribution in [3.63, 3.8) is 0 Å². The molecule has 0 fully saturated rings. The van der Waals surface area contributed by atoms with Crippen molar-refractivity contribution in [2.24, 2.45) is 0 Å². The van der Waals surface area contributed by atoms with E-state index >= 15 is 0 Å². The van der Waals surface area contributed by atoms with E-state index in [2.05, 4.69) is 13.8 Å². The van der Waals surface area contributed by atoms with Crippen molar-refractivity contribution in [2.75, 3.05) is 13.2 Å². The summed E-state index contributed by atoms with van der Waals surface area (Å²) >= 11 is 0. The molecule has 4 heteroatoms. The number of ether oxygens (including phenoxy) is 2. The fourth-order valence-corrected chi connectivity index (χ4v) is 3.48. The highest BCUT2D eigenvalue weighted by Gasteiger charge is 2.32. The van der Waals surface area contributed by atoms with Crippen LogP contribution in [0.15, 0.2) is 47.9 Å². The number of benzene rings is 1. The zero-order valence-corrected chi connectivity index (χ0v) is 18.6. The Bertz CT molecular complexity index is 731. The average molecular weight is 413 g/mol. The summed E-state index contributed by atoms with van der Waals surface area (Å²) in [5, 5.41) is 0. The summed E-state index contributed by atoms with van der Waals surface area (Å²) in [5.41, 5.74) is 1.04. The normalized spacial score (nSPS) is 14.1. The van der Waals surface area contributed by atoms with Gasteiger partial charge in [0.15, 0.2) is 17.3 Å². The first-order valence-electron chi connectivity index (χ1n) is 11.5. The van der Waals surface area contributed by atoms with Crippen LogP contribution < -0.4 is 0 Å². The van der Waals surface area contributed by atoms with E-state index in [0.717, 1.165) is 38.5 Å². The van der Waals surface area contributed by atoms with Crippen LogP contribution in [0.5, 0.6) is 0 Å². The molecule has 164 valence electrons. The van der Waals surface area contributed by atoms with Crippen LogP contribution in [0.1, 0.15) is 83.6 Å². The third kappa shape index (κ3) is 7.47. The fraction of sp³-hybridized carbons (Fsp3) is 0.538. The van der Waals surface area contributed by atoms with Crippen molar-refractivity contribution in [1.82, 2.24) is 0 Å². The SMILES string of the molecule is CCCCCCCOC1=CC(=O)C(c2ccccc2)=C(OCCCCCCC)C1=O. The van der Waals surface area contributed by atoms with Gasteiger partial charge < -0.3 is 9.47 Å². The molecule has 0 aliphatic heterocycles. The molecule has 0 unspecified atom stereocenters. The molecule has 30 heavy (non-hydrogen) atoms. The highest BCUT2D eigenvalue weighted by atomic mass is 16.5. The second-order valence-electron chi connectivity index (χ2n) is 7.80. The first-order chi connectivity index (χ1) is 14.7. The molecule has 0 aromatic heterocycles. The van der Waals surface area contributed by atoms with Crippen molar-refractivity contribution in [2.45, 2.75) is 78.1 Å². The van der Waals surface area contributed by atoms with Crippen LogP contribution in [0.3, 0.4) is 0 Å². The van der Waals surface area contributed by atoms with Crippen LogP contribution in [-0.2, 0) is 19.1 Å². The van der Waals surface area contributed by atoms with Gasteiger partial charge in [0.2, 0.25) is 0 Å². The molecule has 0 bridgehead atoms. The number of unbranched alkanes of at least 4 members (excludes halogenated alkanes) is 8. The lowest BCUT2D eigenvalue weighted by Gasteiger charge is -2.20. The number of Topliss-reactive ketones (excluding diaryl/α,β-unsaturated/α-hetero) is 1. The standard InChI is InChI=1S/C26H36O4/c1-3-5-7-9-14-18-29-23-20-22(27)24(21-16-12-11-13-17-21)26(25(23)28)30-19-15-10-8-6-4-2/h11-13,16-17,20H,3-10,14-15,18-19H2,1-2H3. The summed E-state index contributed by atoms with van der Waals surface area (Å²) in [7, 11) is 0. The predicted molar refractivity (Wildman–Crippen MR) is 121 cm³/mol. The molecule has 0 radical (unpaired) electrons. The van der Waals surface area contributed by atoms with E-state index in [1.165, 1.54) is 31.8 Å². The van der Waals surface area contributed by atoms with Crippen molar-refractivity contribution in [3.8, 4) is 0 Å². The summed E-state index contributed by atoms with van der Waals surface area (Å²) < 4.78 is 11.6. The largest absolute Gasteiger partial charge is 0.489 e. The number of rotatable bonds is 15. The van der Waals surface area contributed by atoms with Gasteiger partial charge in [-0.05, 0) is 18.4 Å². The minimum Gasteiger partial charge on any atom is -0.489 e. The number of hydrogen-bond donors (Lipinski definition) is 0. The van der Waals surface area contributed by atoms with E-state index in [-0.39, 0.29) is 23.1 Å². The van der Waals surface area contributed by atoms with E-state index in [4.69, 9.17) is 9.47 Å². The second-order valence-corrected chi connectivity index (χ2v) is 7.80. The van der Waals surface area contributed by atoms with Gasteiger partial charge >= 0.3 is 0 Å². The quantitative estimate of drug-likeness (QED) is 0.247. The Labute approximate surface area is 181 Å². The van der Waals surface area contributed by atoms with Crippen LogP contribution in [0.2, 0.25) is 0 Å². The van der Waals surface area contributed by atoms with Crippen LogP contribution in [-0.4, -0.2) is 24.8 Å². The molecule has 4 nitrogen and oxygen atoms in total. The molecule has 0 amide bonds. The lowest BCUT2D eigenvalue weighted by atomic mass is 9.93. The Hall–Kier alpha value is -2.36. The molecule has 1 aromatic rings. The van der Waals surface area contributed by atoms with Crippen LogP contribution in [0.4, 0.5) is 0 Å². The number of ketones is 2. The molecule has 1 aliphatic rings. The molecule has 0 N–H and O–H groups in total. The van der Waals surface area contributed by atoms with Gasteiger partial charge in [0.05, 0.1) is 18.8 Å². The maximum absolute atomic E-state index is 13.1. The Morgan fingerprint density at radius 1 is 0.700 bits per heavy atom. The maximum atomic E-state index is 13.1.